The molecule has 110 valence electrons. The summed E-state index contributed by atoms with van der Waals surface area (Å²) in [7, 11) is 0. The molecule has 0 saturated heterocycles. The van der Waals surface area contributed by atoms with E-state index in [4.69, 9.17) is 16.3 Å². The highest BCUT2D eigenvalue weighted by Gasteiger charge is 2.49. The normalized spacial score (nSPS) is 24.0. The largest absolute Gasteiger partial charge is 0.378 e. The van der Waals surface area contributed by atoms with Gasteiger partial charge < -0.3 is 10.1 Å². The molecular weight excluding hydrogens is 282 g/mol. The lowest BCUT2D eigenvalue weighted by Crippen LogP contribution is -2.58. The summed E-state index contributed by atoms with van der Waals surface area (Å²) >= 11 is 5.82. The Bertz CT molecular complexity index is 522. The fraction of sp³-hybridized carbons (Fsp3) is 0.615. The Labute approximate surface area is 122 Å². The van der Waals surface area contributed by atoms with Gasteiger partial charge in [0.2, 0.25) is 5.82 Å². The van der Waals surface area contributed by atoms with Crippen molar-refractivity contribution in [2.75, 3.05) is 11.9 Å². The van der Waals surface area contributed by atoms with E-state index in [1.54, 1.807) is 0 Å². The van der Waals surface area contributed by atoms with Gasteiger partial charge in [-0.3, -0.25) is 10.1 Å². The third-order valence-corrected chi connectivity index (χ3v) is 4.10. The van der Waals surface area contributed by atoms with Crippen molar-refractivity contribution >= 4 is 23.1 Å². The summed E-state index contributed by atoms with van der Waals surface area (Å²) in [5, 5.41) is 14.4. The topological polar surface area (TPSA) is 77.3 Å². The molecule has 1 aliphatic carbocycles. The van der Waals surface area contributed by atoms with Crippen LogP contribution in [0.5, 0.6) is 0 Å². The first-order valence-electron chi connectivity index (χ1n) is 6.55. The van der Waals surface area contributed by atoms with Crippen molar-refractivity contribution in [1.82, 2.24) is 4.98 Å². The molecule has 0 amide bonds. The number of aromatic nitrogens is 1. The van der Waals surface area contributed by atoms with E-state index >= 15 is 0 Å². The molecule has 1 aliphatic rings. The zero-order chi connectivity index (χ0) is 14.9. The van der Waals surface area contributed by atoms with Gasteiger partial charge in [-0.1, -0.05) is 25.4 Å². The molecule has 7 heteroatoms. The highest BCUT2D eigenvalue weighted by molar-refractivity contribution is 6.29. The Balaban J connectivity index is 2.16. The van der Waals surface area contributed by atoms with Crippen molar-refractivity contribution < 1.29 is 9.66 Å². The molecule has 1 heterocycles. The van der Waals surface area contributed by atoms with Gasteiger partial charge in [0, 0.05) is 24.1 Å². The highest BCUT2D eigenvalue weighted by atomic mass is 35.5. The Hall–Kier alpha value is -1.40. The zero-order valence-electron chi connectivity index (χ0n) is 11.7. The molecule has 6 nitrogen and oxygen atoms in total. The second-order valence-electron chi connectivity index (χ2n) is 5.46. The van der Waals surface area contributed by atoms with Crippen molar-refractivity contribution in [3.05, 3.63) is 27.4 Å². The predicted octanol–water partition coefficient (Wildman–Crippen LogP) is 3.26. The first-order valence-corrected chi connectivity index (χ1v) is 6.93. The summed E-state index contributed by atoms with van der Waals surface area (Å²) in [6.45, 7) is 6.77. The molecular formula is C13H18ClN3O3. The van der Waals surface area contributed by atoms with Gasteiger partial charge in [0.25, 0.3) is 0 Å². The van der Waals surface area contributed by atoms with Crippen LogP contribution in [0.3, 0.4) is 0 Å². The predicted molar refractivity (Wildman–Crippen MR) is 77.1 cm³/mol. The maximum Gasteiger partial charge on any atom is 0.311 e. The molecule has 1 aromatic rings. The van der Waals surface area contributed by atoms with Crippen LogP contribution in [-0.4, -0.2) is 28.7 Å². The molecule has 20 heavy (non-hydrogen) atoms. The Morgan fingerprint density at radius 1 is 1.60 bits per heavy atom. The number of nitrogens with one attached hydrogen (secondary N) is 1. The van der Waals surface area contributed by atoms with Crippen LogP contribution in [0.2, 0.25) is 5.15 Å². The third kappa shape index (κ3) is 2.71. The van der Waals surface area contributed by atoms with Crippen LogP contribution >= 0.6 is 11.6 Å². The molecule has 1 fully saturated rings. The molecule has 2 unspecified atom stereocenters. The minimum Gasteiger partial charge on any atom is -0.378 e. The molecule has 1 aromatic heterocycles. The van der Waals surface area contributed by atoms with E-state index in [0.717, 1.165) is 6.42 Å². The number of rotatable bonds is 5. The van der Waals surface area contributed by atoms with E-state index in [9.17, 15) is 10.1 Å². The number of nitrogens with zero attached hydrogens (tertiary/aromatic N) is 2. The number of pyridine rings is 1. The van der Waals surface area contributed by atoms with Crippen molar-refractivity contribution in [2.24, 2.45) is 5.41 Å². The number of hydrogen-bond acceptors (Lipinski definition) is 5. The van der Waals surface area contributed by atoms with Crippen LogP contribution in [0.4, 0.5) is 11.5 Å². The van der Waals surface area contributed by atoms with Gasteiger partial charge in [-0.15, -0.1) is 0 Å². The average molecular weight is 300 g/mol. The van der Waals surface area contributed by atoms with Crippen molar-refractivity contribution in [3.63, 3.8) is 0 Å². The summed E-state index contributed by atoms with van der Waals surface area (Å²) in [6.07, 6.45) is 0.954. The van der Waals surface area contributed by atoms with Gasteiger partial charge in [-0.25, -0.2) is 4.98 Å². The molecule has 1 N–H and O–H groups in total. The van der Waals surface area contributed by atoms with Gasteiger partial charge in [-0.05, 0) is 19.4 Å². The van der Waals surface area contributed by atoms with Gasteiger partial charge in [-0.2, -0.15) is 0 Å². The first kappa shape index (κ1) is 15.0. The van der Waals surface area contributed by atoms with E-state index in [2.05, 4.69) is 24.1 Å². The minimum atomic E-state index is -0.461. The van der Waals surface area contributed by atoms with Gasteiger partial charge in [0.15, 0.2) is 0 Å². The third-order valence-electron chi connectivity index (χ3n) is 3.89. The Morgan fingerprint density at radius 3 is 2.85 bits per heavy atom. The van der Waals surface area contributed by atoms with Gasteiger partial charge in [0.05, 0.1) is 11.0 Å². The van der Waals surface area contributed by atoms with Gasteiger partial charge >= 0.3 is 5.69 Å². The van der Waals surface area contributed by atoms with E-state index < -0.39 is 4.92 Å². The second kappa shape index (κ2) is 5.54. The summed E-state index contributed by atoms with van der Waals surface area (Å²) in [6, 6.07) is 2.85. The molecule has 1 saturated carbocycles. The minimum absolute atomic E-state index is 0.0648. The van der Waals surface area contributed by atoms with E-state index in [0.29, 0.717) is 6.61 Å². The van der Waals surface area contributed by atoms with Crippen molar-refractivity contribution in [3.8, 4) is 0 Å². The lowest BCUT2D eigenvalue weighted by Gasteiger charge is -2.51. The van der Waals surface area contributed by atoms with Crippen LogP contribution < -0.4 is 5.32 Å². The monoisotopic (exact) mass is 299 g/mol. The summed E-state index contributed by atoms with van der Waals surface area (Å²) in [5.74, 6) is 0.218. The zero-order valence-corrected chi connectivity index (χ0v) is 12.5. The molecule has 0 radical (unpaired) electrons. The van der Waals surface area contributed by atoms with Crippen LogP contribution in [0.15, 0.2) is 12.1 Å². The van der Waals surface area contributed by atoms with Gasteiger partial charge in [0.1, 0.15) is 5.15 Å². The Kier molecular flexibility index (Phi) is 4.15. The molecule has 2 atom stereocenters. The van der Waals surface area contributed by atoms with Crippen LogP contribution in [0.1, 0.15) is 27.2 Å². The number of ether oxygens (including phenoxy) is 1. The molecule has 0 spiro atoms. The second-order valence-corrected chi connectivity index (χ2v) is 5.84. The smallest absolute Gasteiger partial charge is 0.311 e. The number of halogens is 1. The van der Waals surface area contributed by atoms with Crippen LogP contribution in [0.25, 0.3) is 0 Å². The van der Waals surface area contributed by atoms with Crippen LogP contribution in [0, 0.1) is 15.5 Å². The fourth-order valence-electron chi connectivity index (χ4n) is 2.46. The lowest BCUT2D eigenvalue weighted by atomic mass is 9.64. The number of anilines is 1. The maximum atomic E-state index is 11.0. The molecule has 0 bridgehead atoms. The summed E-state index contributed by atoms with van der Waals surface area (Å²) in [4.78, 5) is 14.6. The molecule has 2 rings (SSSR count). The average Bonchev–Trinajstić information content (AvgIpc) is 2.37. The van der Waals surface area contributed by atoms with Crippen molar-refractivity contribution in [1.29, 1.82) is 0 Å². The lowest BCUT2D eigenvalue weighted by molar-refractivity contribution is -0.384. The van der Waals surface area contributed by atoms with E-state index in [-0.39, 0.29) is 34.2 Å². The quantitative estimate of drug-likeness (QED) is 0.513. The summed E-state index contributed by atoms with van der Waals surface area (Å²) in [5.41, 5.74) is -0.168. The SMILES string of the molecule is CCOC1CC(Nc2nc(Cl)ccc2[N+](=O)[O-])C1(C)C. The first-order chi connectivity index (χ1) is 9.36. The van der Waals surface area contributed by atoms with E-state index in [1.165, 1.54) is 12.1 Å². The molecule has 0 aromatic carbocycles. The Morgan fingerprint density at radius 2 is 2.30 bits per heavy atom. The van der Waals surface area contributed by atoms with Crippen LogP contribution in [-0.2, 0) is 4.74 Å². The number of hydrogen-bond donors (Lipinski definition) is 1. The fourth-order valence-corrected chi connectivity index (χ4v) is 2.61. The summed E-state index contributed by atoms with van der Waals surface area (Å²) < 4.78 is 5.64. The highest BCUT2D eigenvalue weighted by Crippen LogP contribution is 2.45. The van der Waals surface area contributed by atoms with Crippen molar-refractivity contribution in [2.45, 2.75) is 39.3 Å². The van der Waals surface area contributed by atoms with E-state index in [1.807, 2.05) is 6.92 Å². The molecule has 0 aliphatic heterocycles. The maximum absolute atomic E-state index is 11.0. The standard InChI is InChI=1S/C13H18ClN3O3/c1-4-20-10-7-9(13(10,2)3)15-12-8(17(18)19)5-6-11(14)16-12/h5-6,9-10H,4,7H2,1-3H3,(H,15,16). The number of nitro groups is 1.